The van der Waals surface area contributed by atoms with Crippen LogP contribution in [0.4, 0.5) is 0 Å². The minimum atomic E-state index is -1.24. The molecule has 2 rings (SSSR count). The third kappa shape index (κ3) is 3.06. The van der Waals surface area contributed by atoms with E-state index in [9.17, 15) is 15.0 Å². The number of aromatic nitrogens is 1. The molecule has 0 radical (unpaired) electrons. The van der Waals surface area contributed by atoms with Crippen LogP contribution < -0.4 is 10.9 Å². The summed E-state index contributed by atoms with van der Waals surface area (Å²) in [6.07, 6.45) is -1.41. The highest BCUT2D eigenvalue weighted by atomic mass is 16.6. The summed E-state index contributed by atoms with van der Waals surface area (Å²) in [6, 6.07) is 3.18. The molecule has 1 aromatic heterocycles. The highest BCUT2D eigenvalue weighted by Gasteiger charge is 2.42. The molecule has 0 saturated carbocycles. The first kappa shape index (κ1) is 13.8. The second kappa shape index (κ2) is 6.04. The summed E-state index contributed by atoms with van der Waals surface area (Å²) < 4.78 is 5.13. The number of amides is 1. The van der Waals surface area contributed by atoms with Crippen molar-refractivity contribution in [1.29, 1.82) is 0 Å². The fourth-order valence-corrected chi connectivity index (χ4v) is 1.72. The van der Waals surface area contributed by atoms with Crippen LogP contribution in [0.25, 0.3) is 0 Å². The number of carbonyl (C=O) groups excluding carboxylic acids is 1. The maximum absolute atomic E-state index is 11.7. The van der Waals surface area contributed by atoms with Gasteiger partial charge in [-0.1, -0.05) is 0 Å². The summed E-state index contributed by atoms with van der Waals surface area (Å²) >= 11 is 0. The lowest BCUT2D eigenvalue weighted by Gasteiger charge is -2.16. The summed E-state index contributed by atoms with van der Waals surface area (Å²) in [5.41, 5.74) is 5.12. The molecule has 2 heterocycles. The van der Waals surface area contributed by atoms with Gasteiger partial charge in [-0.3, -0.25) is 15.2 Å². The highest BCUT2D eigenvalue weighted by Crippen LogP contribution is 2.18. The largest absolute Gasteiger partial charge is 0.394 e. The molecule has 5 N–H and O–H groups in total. The van der Waals surface area contributed by atoms with Crippen LogP contribution in [-0.4, -0.2) is 57.4 Å². The number of ether oxygens (including phenoxy) is 1. The number of carbonyl (C=O) groups is 1. The maximum atomic E-state index is 11.7. The van der Waals surface area contributed by atoms with Gasteiger partial charge < -0.3 is 20.1 Å². The number of nitrogens with one attached hydrogen (secondary N) is 2. The Morgan fingerprint density at radius 3 is 2.79 bits per heavy atom. The molecule has 1 aliphatic heterocycles. The van der Waals surface area contributed by atoms with Crippen LogP contribution in [0.1, 0.15) is 10.4 Å². The van der Waals surface area contributed by atoms with Crippen LogP contribution in [0.5, 0.6) is 0 Å². The van der Waals surface area contributed by atoms with Gasteiger partial charge in [0.15, 0.2) is 6.23 Å². The van der Waals surface area contributed by atoms with E-state index in [2.05, 4.69) is 15.8 Å². The molecule has 1 aliphatic rings. The monoisotopic (exact) mass is 269 g/mol. The highest BCUT2D eigenvalue weighted by molar-refractivity contribution is 5.93. The summed E-state index contributed by atoms with van der Waals surface area (Å²) in [5.74, 6) is -0.453. The lowest BCUT2D eigenvalue weighted by atomic mass is 10.1. The molecule has 1 fully saturated rings. The van der Waals surface area contributed by atoms with Crippen LogP contribution in [0.3, 0.4) is 0 Å². The normalized spacial score (nSPS) is 30.3. The van der Waals surface area contributed by atoms with Crippen LogP contribution >= 0.6 is 0 Å². The van der Waals surface area contributed by atoms with Crippen molar-refractivity contribution in [1.82, 2.24) is 15.8 Å². The zero-order valence-corrected chi connectivity index (χ0v) is 9.93. The van der Waals surface area contributed by atoms with E-state index in [0.717, 1.165) is 0 Å². The number of hydrogen-bond donors (Lipinski definition) is 5. The van der Waals surface area contributed by atoms with Crippen molar-refractivity contribution in [2.24, 2.45) is 0 Å². The Morgan fingerprint density at radius 1 is 1.42 bits per heavy atom. The molecule has 1 aromatic rings. The molecule has 4 atom stereocenters. The van der Waals surface area contributed by atoms with Crippen molar-refractivity contribution in [3.63, 3.8) is 0 Å². The van der Waals surface area contributed by atoms with Crippen molar-refractivity contribution < 1.29 is 24.9 Å². The minimum Gasteiger partial charge on any atom is -0.394 e. The van der Waals surface area contributed by atoms with E-state index in [0.29, 0.717) is 5.56 Å². The van der Waals surface area contributed by atoms with Crippen molar-refractivity contribution in [3.05, 3.63) is 30.1 Å². The molecular formula is C11H15N3O5. The third-order valence-corrected chi connectivity index (χ3v) is 2.79. The Kier molecular flexibility index (Phi) is 4.40. The molecule has 19 heavy (non-hydrogen) atoms. The molecule has 0 aromatic carbocycles. The van der Waals surface area contributed by atoms with E-state index in [1.54, 1.807) is 12.1 Å². The van der Waals surface area contributed by atoms with Crippen LogP contribution in [0.2, 0.25) is 0 Å². The lowest BCUT2D eigenvalue weighted by Crippen LogP contribution is -2.49. The molecule has 0 bridgehead atoms. The third-order valence-electron chi connectivity index (χ3n) is 2.79. The number of hydrazine groups is 1. The van der Waals surface area contributed by atoms with Gasteiger partial charge in [-0.25, -0.2) is 5.43 Å². The molecule has 1 amide bonds. The SMILES string of the molecule is O=C(NN[C@@H]1O[C@H](CO)[C@H](O)[C@H]1O)c1cccnc1. The van der Waals surface area contributed by atoms with Crippen molar-refractivity contribution in [2.75, 3.05) is 6.61 Å². The molecule has 0 aliphatic carbocycles. The van der Waals surface area contributed by atoms with Crippen LogP contribution in [-0.2, 0) is 4.74 Å². The zero-order chi connectivity index (χ0) is 13.8. The molecule has 104 valence electrons. The smallest absolute Gasteiger partial charge is 0.267 e. The van der Waals surface area contributed by atoms with Gasteiger partial charge in [0.05, 0.1) is 12.2 Å². The predicted octanol–water partition coefficient (Wildman–Crippen LogP) is -2.24. The van der Waals surface area contributed by atoms with E-state index in [1.807, 2.05) is 0 Å². The average Bonchev–Trinajstić information content (AvgIpc) is 2.73. The van der Waals surface area contributed by atoms with E-state index in [4.69, 9.17) is 9.84 Å². The van der Waals surface area contributed by atoms with Crippen LogP contribution in [0.15, 0.2) is 24.5 Å². The molecular weight excluding hydrogens is 254 g/mol. The van der Waals surface area contributed by atoms with Gasteiger partial charge in [-0.15, -0.1) is 0 Å². The summed E-state index contributed by atoms with van der Waals surface area (Å²) in [4.78, 5) is 15.5. The molecule has 1 saturated heterocycles. The fourth-order valence-electron chi connectivity index (χ4n) is 1.72. The van der Waals surface area contributed by atoms with Gasteiger partial charge in [-0.05, 0) is 12.1 Å². The Balaban J connectivity index is 1.88. The fraction of sp³-hybridized carbons (Fsp3) is 0.455. The topological polar surface area (TPSA) is 124 Å². The van der Waals surface area contributed by atoms with Gasteiger partial charge in [0.2, 0.25) is 0 Å². The number of nitrogens with zero attached hydrogens (tertiary/aromatic N) is 1. The quantitative estimate of drug-likeness (QED) is 0.391. The molecule has 8 nitrogen and oxygen atoms in total. The van der Waals surface area contributed by atoms with E-state index >= 15 is 0 Å². The first-order valence-electron chi connectivity index (χ1n) is 5.72. The van der Waals surface area contributed by atoms with Gasteiger partial charge in [0.1, 0.15) is 18.3 Å². The zero-order valence-electron chi connectivity index (χ0n) is 9.93. The lowest BCUT2D eigenvalue weighted by molar-refractivity contribution is -0.0375. The Hall–Kier alpha value is -1.58. The van der Waals surface area contributed by atoms with Gasteiger partial charge >= 0.3 is 0 Å². The van der Waals surface area contributed by atoms with Gasteiger partial charge in [0, 0.05) is 12.4 Å². The first-order chi connectivity index (χ1) is 9.13. The molecule has 0 spiro atoms. The summed E-state index contributed by atoms with van der Waals surface area (Å²) in [7, 11) is 0. The van der Waals surface area contributed by atoms with E-state index in [1.165, 1.54) is 12.4 Å². The Bertz CT molecular complexity index is 430. The Labute approximate surface area is 109 Å². The number of aliphatic hydroxyl groups is 3. The standard InChI is InChI=1S/C11H15N3O5/c15-5-7-8(16)9(17)11(19-7)14-13-10(18)6-2-1-3-12-4-6/h1-4,7-9,11,14-17H,5H2,(H,13,18)/t7-,8+,9-,11-/m1/s1. The summed E-state index contributed by atoms with van der Waals surface area (Å²) in [6.45, 7) is -0.424. The molecule has 0 unspecified atom stereocenters. The molecule has 8 heteroatoms. The second-order valence-electron chi connectivity index (χ2n) is 4.10. The Morgan fingerprint density at radius 2 is 2.21 bits per heavy atom. The van der Waals surface area contributed by atoms with Gasteiger partial charge in [0.25, 0.3) is 5.91 Å². The van der Waals surface area contributed by atoms with Crippen molar-refractivity contribution in [3.8, 4) is 0 Å². The number of aliphatic hydroxyl groups excluding tert-OH is 3. The van der Waals surface area contributed by atoms with E-state index < -0.39 is 37.1 Å². The average molecular weight is 269 g/mol. The first-order valence-corrected chi connectivity index (χ1v) is 5.72. The van der Waals surface area contributed by atoms with E-state index in [-0.39, 0.29) is 0 Å². The maximum Gasteiger partial charge on any atom is 0.267 e. The second-order valence-corrected chi connectivity index (χ2v) is 4.10. The number of rotatable bonds is 4. The summed E-state index contributed by atoms with van der Waals surface area (Å²) in [5, 5.41) is 28.1. The predicted molar refractivity (Wildman–Crippen MR) is 62.6 cm³/mol. The minimum absolute atomic E-state index is 0.335. The number of hydrogen-bond acceptors (Lipinski definition) is 7. The van der Waals surface area contributed by atoms with Crippen LogP contribution in [0, 0.1) is 0 Å². The van der Waals surface area contributed by atoms with Gasteiger partial charge in [-0.2, -0.15) is 0 Å². The van der Waals surface area contributed by atoms with Crippen molar-refractivity contribution >= 4 is 5.91 Å². The van der Waals surface area contributed by atoms with Crippen molar-refractivity contribution in [2.45, 2.75) is 24.5 Å². The number of pyridine rings is 1.